The SMILES string of the molecule is FC(F)C1CCOc2ccccc21. The molecule has 1 heterocycles. The molecule has 70 valence electrons. The number of hydrogen-bond acceptors (Lipinski definition) is 1. The van der Waals surface area contributed by atoms with Crippen LogP contribution in [-0.2, 0) is 0 Å². The molecular formula is C10H10F2O. The van der Waals surface area contributed by atoms with Crippen molar-refractivity contribution in [3.05, 3.63) is 29.8 Å². The van der Waals surface area contributed by atoms with Crippen molar-refractivity contribution >= 4 is 0 Å². The van der Waals surface area contributed by atoms with Crippen molar-refractivity contribution in [2.45, 2.75) is 18.8 Å². The minimum atomic E-state index is -2.29. The maximum atomic E-state index is 12.5. The van der Waals surface area contributed by atoms with Gasteiger partial charge in [-0.2, -0.15) is 0 Å². The number of benzene rings is 1. The third-order valence-corrected chi connectivity index (χ3v) is 2.31. The fraction of sp³-hybridized carbons (Fsp3) is 0.400. The molecule has 1 atom stereocenters. The summed E-state index contributed by atoms with van der Waals surface area (Å²) in [6.07, 6.45) is -1.88. The lowest BCUT2D eigenvalue weighted by Gasteiger charge is -2.24. The highest BCUT2D eigenvalue weighted by Gasteiger charge is 2.28. The maximum absolute atomic E-state index is 12.5. The molecular weight excluding hydrogens is 174 g/mol. The quantitative estimate of drug-likeness (QED) is 0.652. The van der Waals surface area contributed by atoms with Crippen molar-refractivity contribution in [2.75, 3.05) is 6.61 Å². The molecule has 0 aliphatic carbocycles. The van der Waals surface area contributed by atoms with E-state index in [1.165, 1.54) is 0 Å². The predicted molar refractivity (Wildman–Crippen MR) is 45.3 cm³/mol. The Morgan fingerprint density at radius 2 is 2.08 bits per heavy atom. The van der Waals surface area contributed by atoms with Crippen LogP contribution in [0.3, 0.4) is 0 Å². The first kappa shape index (κ1) is 8.48. The van der Waals surface area contributed by atoms with Gasteiger partial charge >= 0.3 is 0 Å². The van der Waals surface area contributed by atoms with E-state index in [2.05, 4.69) is 0 Å². The minimum absolute atomic E-state index is 0.395. The zero-order valence-corrected chi connectivity index (χ0v) is 7.04. The predicted octanol–water partition coefficient (Wildman–Crippen LogP) is 2.82. The summed E-state index contributed by atoms with van der Waals surface area (Å²) in [6, 6.07) is 7.02. The minimum Gasteiger partial charge on any atom is -0.493 e. The second kappa shape index (κ2) is 3.32. The van der Waals surface area contributed by atoms with Crippen LogP contribution >= 0.6 is 0 Å². The molecule has 0 radical (unpaired) electrons. The highest BCUT2D eigenvalue weighted by molar-refractivity contribution is 5.38. The van der Waals surface area contributed by atoms with E-state index < -0.39 is 12.3 Å². The van der Waals surface area contributed by atoms with Crippen molar-refractivity contribution in [1.82, 2.24) is 0 Å². The summed E-state index contributed by atoms with van der Waals surface area (Å²) in [7, 11) is 0. The van der Waals surface area contributed by atoms with Gasteiger partial charge in [0.2, 0.25) is 6.43 Å². The van der Waals surface area contributed by atoms with Crippen LogP contribution in [0.4, 0.5) is 8.78 Å². The molecule has 1 aromatic rings. The van der Waals surface area contributed by atoms with Gasteiger partial charge in [-0.1, -0.05) is 18.2 Å². The number of para-hydroxylation sites is 1. The van der Waals surface area contributed by atoms with Gasteiger partial charge in [0.05, 0.1) is 12.5 Å². The highest BCUT2D eigenvalue weighted by Crippen LogP contribution is 2.36. The molecule has 1 aliphatic rings. The van der Waals surface area contributed by atoms with E-state index in [0.717, 1.165) is 0 Å². The molecule has 2 rings (SSSR count). The Hall–Kier alpha value is -1.12. The van der Waals surface area contributed by atoms with Crippen LogP contribution in [0.15, 0.2) is 24.3 Å². The summed E-state index contributed by atoms with van der Waals surface area (Å²) < 4.78 is 30.4. The Kier molecular flexibility index (Phi) is 2.17. The molecule has 13 heavy (non-hydrogen) atoms. The van der Waals surface area contributed by atoms with E-state index in [1.54, 1.807) is 24.3 Å². The Balaban J connectivity index is 2.37. The lowest BCUT2D eigenvalue weighted by Crippen LogP contribution is -2.19. The standard InChI is InChI=1S/C10H10F2O/c11-10(12)8-5-6-13-9-4-2-1-3-7(8)9/h1-4,8,10H,5-6H2. The summed E-state index contributed by atoms with van der Waals surface area (Å²) in [6.45, 7) is 0.395. The first-order chi connectivity index (χ1) is 6.29. The number of fused-ring (bicyclic) bond motifs is 1. The first-order valence-corrected chi connectivity index (χ1v) is 4.29. The van der Waals surface area contributed by atoms with E-state index >= 15 is 0 Å². The normalized spacial score (nSPS) is 21.0. The molecule has 3 heteroatoms. The zero-order valence-electron chi connectivity index (χ0n) is 7.04. The second-order valence-corrected chi connectivity index (χ2v) is 3.12. The molecule has 1 aliphatic heterocycles. The van der Waals surface area contributed by atoms with Crippen molar-refractivity contribution in [2.24, 2.45) is 0 Å². The van der Waals surface area contributed by atoms with Gasteiger partial charge in [0.15, 0.2) is 0 Å². The average molecular weight is 184 g/mol. The number of rotatable bonds is 1. The van der Waals surface area contributed by atoms with Crippen LogP contribution in [0.1, 0.15) is 17.9 Å². The number of hydrogen-bond donors (Lipinski definition) is 0. The lowest BCUT2D eigenvalue weighted by molar-refractivity contribution is 0.0904. The number of halogens is 2. The van der Waals surface area contributed by atoms with Crippen LogP contribution < -0.4 is 4.74 Å². The van der Waals surface area contributed by atoms with E-state index in [1.807, 2.05) is 0 Å². The molecule has 1 unspecified atom stereocenters. The largest absolute Gasteiger partial charge is 0.493 e. The van der Waals surface area contributed by atoms with Crippen LogP contribution in [0, 0.1) is 0 Å². The van der Waals surface area contributed by atoms with Gasteiger partial charge in [-0.15, -0.1) is 0 Å². The fourth-order valence-electron chi connectivity index (χ4n) is 1.63. The fourth-order valence-corrected chi connectivity index (χ4v) is 1.63. The van der Waals surface area contributed by atoms with Gasteiger partial charge in [0.1, 0.15) is 5.75 Å². The van der Waals surface area contributed by atoms with Gasteiger partial charge in [-0.3, -0.25) is 0 Å². The second-order valence-electron chi connectivity index (χ2n) is 3.12. The Labute approximate surface area is 75.3 Å². The monoisotopic (exact) mass is 184 g/mol. The van der Waals surface area contributed by atoms with Crippen molar-refractivity contribution in [3.63, 3.8) is 0 Å². The molecule has 0 aromatic heterocycles. The summed E-state index contributed by atoms with van der Waals surface area (Å²) in [5.74, 6) is -0.0380. The molecule has 1 nitrogen and oxygen atoms in total. The third kappa shape index (κ3) is 1.50. The molecule has 0 amide bonds. The molecule has 0 fully saturated rings. The maximum Gasteiger partial charge on any atom is 0.245 e. The average Bonchev–Trinajstić information content (AvgIpc) is 2.17. The van der Waals surface area contributed by atoms with Crippen LogP contribution in [0.5, 0.6) is 5.75 Å². The van der Waals surface area contributed by atoms with E-state index in [4.69, 9.17) is 4.74 Å². The van der Waals surface area contributed by atoms with Gasteiger partial charge in [0, 0.05) is 5.56 Å². The Morgan fingerprint density at radius 3 is 2.85 bits per heavy atom. The highest BCUT2D eigenvalue weighted by atomic mass is 19.3. The third-order valence-electron chi connectivity index (χ3n) is 2.31. The Bertz CT molecular complexity index is 299. The van der Waals surface area contributed by atoms with E-state index in [0.29, 0.717) is 24.3 Å². The summed E-state index contributed by atoms with van der Waals surface area (Å²) in [4.78, 5) is 0. The first-order valence-electron chi connectivity index (χ1n) is 4.29. The van der Waals surface area contributed by atoms with Crippen molar-refractivity contribution in [1.29, 1.82) is 0 Å². The number of ether oxygens (including phenoxy) is 1. The topological polar surface area (TPSA) is 9.23 Å². The van der Waals surface area contributed by atoms with Gasteiger partial charge in [-0.05, 0) is 12.5 Å². The molecule has 0 bridgehead atoms. The summed E-state index contributed by atoms with van der Waals surface area (Å²) >= 11 is 0. The Morgan fingerprint density at radius 1 is 1.31 bits per heavy atom. The molecule has 1 aromatic carbocycles. The van der Waals surface area contributed by atoms with Gasteiger partial charge in [0.25, 0.3) is 0 Å². The number of alkyl halides is 2. The van der Waals surface area contributed by atoms with Crippen LogP contribution in [0.2, 0.25) is 0 Å². The van der Waals surface area contributed by atoms with Gasteiger partial charge in [-0.25, -0.2) is 8.78 Å². The smallest absolute Gasteiger partial charge is 0.245 e. The van der Waals surface area contributed by atoms with Crippen LogP contribution in [-0.4, -0.2) is 13.0 Å². The molecule has 0 saturated carbocycles. The summed E-state index contributed by atoms with van der Waals surface area (Å²) in [5.41, 5.74) is 0.642. The van der Waals surface area contributed by atoms with Crippen LogP contribution in [0.25, 0.3) is 0 Å². The van der Waals surface area contributed by atoms with Crippen molar-refractivity contribution in [3.8, 4) is 5.75 Å². The molecule has 0 N–H and O–H groups in total. The lowest BCUT2D eigenvalue weighted by atomic mass is 9.94. The van der Waals surface area contributed by atoms with E-state index in [-0.39, 0.29) is 0 Å². The van der Waals surface area contributed by atoms with Crippen molar-refractivity contribution < 1.29 is 13.5 Å². The summed E-state index contributed by atoms with van der Waals surface area (Å²) in [5, 5.41) is 0. The van der Waals surface area contributed by atoms with E-state index in [9.17, 15) is 8.78 Å². The zero-order chi connectivity index (χ0) is 9.26. The molecule has 0 spiro atoms. The van der Waals surface area contributed by atoms with Gasteiger partial charge < -0.3 is 4.74 Å². The molecule has 0 saturated heterocycles.